The Labute approximate surface area is 181 Å². The fraction of sp³-hybridized carbons (Fsp3) is 0.350. The minimum Gasteiger partial charge on any atom is -0.401 e. The Balaban J connectivity index is 1.55. The third-order valence-electron chi connectivity index (χ3n) is 4.85. The van der Waals surface area contributed by atoms with Crippen LogP contribution in [0.5, 0.6) is 0 Å². The molecule has 4 N–H and O–H groups in total. The molecule has 0 radical (unpaired) electrons. The molecule has 0 bridgehead atoms. The average Bonchev–Trinajstić information content (AvgIpc) is 3.46. The molecule has 4 rings (SSSR count). The van der Waals surface area contributed by atoms with Crippen molar-refractivity contribution in [2.24, 2.45) is 0 Å². The molecule has 2 atom stereocenters. The van der Waals surface area contributed by atoms with Gasteiger partial charge in [0.05, 0.1) is 28.7 Å². The molecule has 1 aliphatic rings. The van der Waals surface area contributed by atoms with E-state index in [1.54, 1.807) is 12.1 Å². The number of hydrogen-bond acceptors (Lipinski definition) is 9. The van der Waals surface area contributed by atoms with Gasteiger partial charge in [-0.25, -0.2) is 9.97 Å². The number of rotatable bonds is 6. The molecule has 11 heteroatoms. The summed E-state index contributed by atoms with van der Waals surface area (Å²) in [5.41, 5.74) is 7.51. The maximum atomic E-state index is 12.2. The second kappa shape index (κ2) is 8.90. The topological polar surface area (TPSA) is 149 Å². The predicted octanol–water partition coefficient (Wildman–Crippen LogP) is 1.98. The molecule has 0 aliphatic carbocycles. The summed E-state index contributed by atoms with van der Waals surface area (Å²) in [6.45, 7) is 4.63. The Hall–Kier alpha value is -3.18. The van der Waals surface area contributed by atoms with Gasteiger partial charge in [-0.3, -0.25) is 14.3 Å². The lowest BCUT2D eigenvalue weighted by molar-refractivity contribution is -0.117. The van der Waals surface area contributed by atoms with Gasteiger partial charge in [0, 0.05) is 15.7 Å². The van der Waals surface area contributed by atoms with Crippen LogP contribution in [0.4, 0.5) is 11.8 Å². The van der Waals surface area contributed by atoms with Crippen molar-refractivity contribution in [3.63, 3.8) is 0 Å². The fourth-order valence-electron chi connectivity index (χ4n) is 3.20. The van der Waals surface area contributed by atoms with Gasteiger partial charge in [0.25, 0.3) is 5.89 Å². The monoisotopic (exact) mass is 441 g/mol. The maximum absolute atomic E-state index is 12.2. The number of nitrogen functional groups attached to an aromatic ring is 1. The molecular weight excluding hydrogens is 418 g/mol. The quantitative estimate of drug-likeness (QED) is 0.522. The van der Waals surface area contributed by atoms with E-state index in [2.05, 4.69) is 30.8 Å². The van der Waals surface area contributed by atoms with Crippen molar-refractivity contribution < 1.29 is 13.4 Å². The van der Waals surface area contributed by atoms with Gasteiger partial charge in [0.2, 0.25) is 5.91 Å². The van der Waals surface area contributed by atoms with Crippen molar-refractivity contribution in [1.82, 2.24) is 25.5 Å². The largest absolute Gasteiger partial charge is 0.401 e. The van der Waals surface area contributed by atoms with Crippen LogP contribution in [0.15, 0.2) is 39.8 Å². The molecular formula is C20H23N7O3S. The number of nitrogens with two attached hydrogens (primary N) is 1. The smallest absolute Gasteiger partial charge is 0.322 e. The number of anilines is 2. The van der Waals surface area contributed by atoms with Crippen LogP contribution in [0.25, 0.3) is 22.8 Å². The molecule has 3 aromatic rings. The number of carbonyl (C=O) groups excluding carboxylic acids is 1. The van der Waals surface area contributed by atoms with Gasteiger partial charge >= 0.3 is 6.01 Å². The summed E-state index contributed by atoms with van der Waals surface area (Å²) >= 11 is 0. The van der Waals surface area contributed by atoms with Crippen LogP contribution >= 0.6 is 0 Å². The molecule has 0 saturated carbocycles. The first kappa shape index (κ1) is 21.1. The van der Waals surface area contributed by atoms with Crippen LogP contribution in [0.2, 0.25) is 0 Å². The summed E-state index contributed by atoms with van der Waals surface area (Å²) in [6.07, 6.45) is 3.25. The maximum Gasteiger partial charge on any atom is 0.322 e. The van der Waals surface area contributed by atoms with E-state index in [9.17, 15) is 9.00 Å². The van der Waals surface area contributed by atoms with Gasteiger partial charge in [-0.05, 0) is 31.5 Å². The fourth-order valence-corrected chi connectivity index (χ4v) is 4.15. The van der Waals surface area contributed by atoms with Crippen LogP contribution in [0, 0.1) is 0 Å². The van der Waals surface area contributed by atoms with Crippen LogP contribution in [-0.2, 0) is 15.6 Å². The first-order chi connectivity index (χ1) is 14.9. The Kier molecular flexibility index (Phi) is 6.05. The Morgan fingerprint density at radius 3 is 2.74 bits per heavy atom. The van der Waals surface area contributed by atoms with E-state index in [1.165, 1.54) is 6.20 Å². The summed E-state index contributed by atoms with van der Waals surface area (Å²) < 4.78 is 17.8. The normalized spacial score (nSPS) is 17.1. The van der Waals surface area contributed by atoms with E-state index in [0.717, 1.165) is 29.8 Å². The average molecular weight is 442 g/mol. The van der Waals surface area contributed by atoms with Crippen LogP contribution in [0.1, 0.15) is 26.7 Å². The van der Waals surface area contributed by atoms with Gasteiger partial charge in [0.15, 0.2) is 11.5 Å². The molecule has 1 amide bonds. The van der Waals surface area contributed by atoms with Gasteiger partial charge in [-0.15, -0.1) is 5.10 Å². The summed E-state index contributed by atoms with van der Waals surface area (Å²) in [7, 11) is -1.07. The Morgan fingerprint density at radius 2 is 2.06 bits per heavy atom. The van der Waals surface area contributed by atoms with Crippen molar-refractivity contribution in [3.8, 4) is 22.8 Å². The zero-order chi connectivity index (χ0) is 22.0. The lowest BCUT2D eigenvalue weighted by Gasteiger charge is -2.08. The number of hydrogen-bond donors (Lipinski definition) is 3. The standard InChI is InChI=1S/C20H23N7O3S/c1-11(2)31(29)13-7-5-12(6-8-13)15-10-23-17(21)16(24-15)19-26-27-20(30-19)25-18(28)14-4-3-9-22-14/h5-8,10-11,14,22H,3-4,9H2,1-2H3,(H2,21,23)(H,25,27,28). The second-order valence-electron chi connectivity index (χ2n) is 7.41. The van der Waals surface area contributed by atoms with Gasteiger partial charge in [-0.1, -0.05) is 31.1 Å². The SMILES string of the molecule is CC(C)S(=O)c1ccc(-c2cnc(N)c(-c3nnc(NC(=O)C4CCCN4)o3)n2)cc1. The predicted molar refractivity (Wildman–Crippen MR) is 116 cm³/mol. The molecule has 1 aromatic carbocycles. The molecule has 2 unspecified atom stereocenters. The highest BCUT2D eigenvalue weighted by molar-refractivity contribution is 7.85. The molecule has 3 heterocycles. The third-order valence-corrected chi connectivity index (χ3v) is 6.44. The molecule has 1 saturated heterocycles. The molecule has 10 nitrogen and oxygen atoms in total. The number of amides is 1. The first-order valence-electron chi connectivity index (χ1n) is 9.94. The Bertz CT molecular complexity index is 1110. The zero-order valence-corrected chi connectivity index (χ0v) is 18.0. The molecule has 31 heavy (non-hydrogen) atoms. The molecule has 2 aromatic heterocycles. The lowest BCUT2D eigenvalue weighted by atomic mass is 10.1. The van der Waals surface area contributed by atoms with E-state index in [1.807, 2.05) is 26.0 Å². The summed E-state index contributed by atoms with van der Waals surface area (Å²) in [6, 6.07) is 6.97. The van der Waals surface area contributed by atoms with E-state index >= 15 is 0 Å². The van der Waals surface area contributed by atoms with Crippen molar-refractivity contribution in [1.29, 1.82) is 0 Å². The first-order valence-corrected chi connectivity index (χ1v) is 11.2. The van der Waals surface area contributed by atoms with Crippen molar-refractivity contribution >= 4 is 28.5 Å². The molecule has 162 valence electrons. The van der Waals surface area contributed by atoms with E-state index < -0.39 is 10.8 Å². The van der Waals surface area contributed by atoms with Gasteiger partial charge in [-0.2, -0.15) is 0 Å². The number of carbonyl (C=O) groups is 1. The second-order valence-corrected chi connectivity index (χ2v) is 9.42. The molecule has 1 aliphatic heterocycles. The summed E-state index contributed by atoms with van der Waals surface area (Å²) in [4.78, 5) is 21.6. The Morgan fingerprint density at radius 1 is 1.29 bits per heavy atom. The van der Waals surface area contributed by atoms with E-state index in [0.29, 0.717) is 5.69 Å². The van der Waals surface area contributed by atoms with Crippen LogP contribution < -0.4 is 16.4 Å². The number of aromatic nitrogens is 4. The van der Waals surface area contributed by atoms with Crippen molar-refractivity contribution in [3.05, 3.63) is 30.5 Å². The van der Waals surface area contributed by atoms with Crippen molar-refractivity contribution in [2.75, 3.05) is 17.6 Å². The number of nitrogens with zero attached hydrogens (tertiary/aromatic N) is 4. The highest BCUT2D eigenvalue weighted by Gasteiger charge is 2.24. The van der Waals surface area contributed by atoms with Crippen LogP contribution in [0.3, 0.4) is 0 Å². The third kappa shape index (κ3) is 4.62. The van der Waals surface area contributed by atoms with E-state index in [-0.39, 0.29) is 40.6 Å². The van der Waals surface area contributed by atoms with Crippen LogP contribution in [-0.4, -0.2) is 48.1 Å². The summed E-state index contributed by atoms with van der Waals surface area (Å²) in [5, 5.41) is 13.5. The number of benzene rings is 1. The lowest BCUT2D eigenvalue weighted by Crippen LogP contribution is -2.35. The van der Waals surface area contributed by atoms with Crippen molar-refractivity contribution in [2.45, 2.75) is 42.9 Å². The molecule has 0 spiro atoms. The number of nitrogens with one attached hydrogen (secondary N) is 2. The van der Waals surface area contributed by atoms with Gasteiger partial charge < -0.3 is 15.5 Å². The minimum atomic E-state index is -1.07. The summed E-state index contributed by atoms with van der Waals surface area (Å²) in [5.74, 6) is -0.0429. The van der Waals surface area contributed by atoms with Gasteiger partial charge in [0.1, 0.15) is 0 Å². The zero-order valence-electron chi connectivity index (χ0n) is 17.2. The highest BCUT2D eigenvalue weighted by Crippen LogP contribution is 2.27. The van der Waals surface area contributed by atoms with E-state index in [4.69, 9.17) is 10.2 Å². The highest BCUT2D eigenvalue weighted by atomic mass is 32.2. The minimum absolute atomic E-state index is 0.0270. The molecule has 1 fully saturated rings.